The summed E-state index contributed by atoms with van der Waals surface area (Å²) in [4.78, 5) is 26.2. The van der Waals surface area contributed by atoms with Gasteiger partial charge in [-0.1, -0.05) is 49.4 Å². The molecular weight excluding hydrogens is 330 g/mol. The Balaban J connectivity index is 1.65. The van der Waals surface area contributed by atoms with Gasteiger partial charge in [-0.05, 0) is 36.1 Å². The van der Waals surface area contributed by atoms with Crippen molar-refractivity contribution >= 4 is 11.9 Å². The number of para-hydroxylation sites is 1. The molecule has 1 N–H and O–H groups in total. The fourth-order valence-corrected chi connectivity index (χ4v) is 3.35. The number of benzene rings is 2. The standard InChI is InChI=1S/C21H23NO4/c1-15(12-14-26-17-8-3-2-4-9-17)20(23)22-13-11-16-7-5-6-10-18(16)19(22)21(24)25/h2-10,15,19H,11-14H2,1H3,(H,24,25). The van der Waals surface area contributed by atoms with Crippen molar-refractivity contribution in [3.63, 3.8) is 0 Å². The number of hydrogen-bond acceptors (Lipinski definition) is 3. The summed E-state index contributed by atoms with van der Waals surface area (Å²) in [7, 11) is 0. The molecule has 3 rings (SSSR count). The molecule has 0 bridgehead atoms. The molecule has 0 saturated carbocycles. The first-order valence-electron chi connectivity index (χ1n) is 8.87. The molecule has 0 fully saturated rings. The predicted octanol–water partition coefficient (Wildman–Crippen LogP) is 3.30. The number of carbonyl (C=O) groups is 2. The van der Waals surface area contributed by atoms with Crippen molar-refractivity contribution in [1.29, 1.82) is 0 Å². The molecule has 2 atom stereocenters. The third kappa shape index (κ3) is 3.87. The number of hydrogen-bond donors (Lipinski definition) is 1. The summed E-state index contributed by atoms with van der Waals surface area (Å²) in [5.41, 5.74) is 1.72. The zero-order valence-corrected chi connectivity index (χ0v) is 14.8. The minimum Gasteiger partial charge on any atom is -0.494 e. The average molecular weight is 353 g/mol. The van der Waals surface area contributed by atoms with Crippen molar-refractivity contribution in [2.45, 2.75) is 25.8 Å². The molecular formula is C21H23NO4. The Kier molecular flexibility index (Phi) is 5.56. The molecule has 1 amide bonds. The summed E-state index contributed by atoms with van der Waals surface area (Å²) in [6.45, 7) is 2.67. The van der Waals surface area contributed by atoms with E-state index in [4.69, 9.17) is 4.74 Å². The molecule has 5 heteroatoms. The number of fused-ring (bicyclic) bond motifs is 1. The van der Waals surface area contributed by atoms with Gasteiger partial charge in [0.1, 0.15) is 5.75 Å². The zero-order valence-electron chi connectivity index (χ0n) is 14.8. The normalized spacial score (nSPS) is 17.3. The van der Waals surface area contributed by atoms with Crippen LogP contribution in [0, 0.1) is 5.92 Å². The molecule has 2 aromatic carbocycles. The quantitative estimate of drug-likeness (QED) is 0.865. The third-order valence-electron chi connectivity index (χ3n) is 4.78. The first-order valence-corrected chi connectivity index (χ1v) is 8.87. The van der Waals surface area contributed by atoms with Crippen molar-refractivity contribution in [2.75, 3.05) is 13.2 Å². The molecule has 0 aliphatic carbocycles. The van der Waals surface area contributed by atoms with E-state index < -0.39 is 12.0 Å². The number of ether oxygens (including phenoxy) is 1. The molecule has 0 saturated heterocycles. The van der Waals surface area contributed by atoms with Crippen LogP contribution in [0.2, 0.25) is 0 Å². The molecule has 136 valence electrons. The summed E-state index contributed by atoms with van der Waals surface area (Å²) in [6.07, 6.45) is 1.22. The number of carbonyl (C=O) groups excluding carboxylic acids is 1. The van der Waals surface area contributed by atoms with Crippen LogP contribution in [-0.4, -0.2) is 35.0 Å². The van der Waals surface area contributed by atoms with Gasteiger partial charge >= 0.3 is 5.97 Å². The van der Waals surface area contributed by atoms with E-state index >= 15 is 0 Å². The van der Waals surface area contributed by atoms with Gasteiger partial charge in [0.15, 0.2) is 6.04 Å². The lowest BCUT2D eigenvalue weighted by Crippen LogP contribution is -2.45. The monoisotopic (exact) mass is 353 g/mol. The Morgan fingerprint density at radius 3 is 2.58 bits per heavy atom. The Hall–Kier alpha value is -2.82. The lowest BCUT2D eigenvalue weighted by atomic mass is 9.91. The van der Waals surface area contributed by atoms with E-state index in [0.717, 1.165) is 11.3 Å². The van der Waals surface area contributed by atoms with E-state index in [-0.39, 0.29) is 11.8 Å². The largest absolute Gasteiger partial charge is 0.494 e. The maximum absolute atomic E-state index is 12.9. The van der Waals surface area contributed by atoms with Crippen molar-refractivity contribution < 1.29 is 19.4 Å². The number of carboxylic acid groups (broad SMARTS) is 1. The van der Waals surface area contributed by atoms with Crippen LogP contribution in [0.3, 0.4) is 0 Å². The van der Waals surface area contributed by atoms with Gasteiger partial charge in [-0.15, -0.1) is 0 Å². The van der Waals surface area contributed by atoms with Crippen LogP contribution >= 0.6 is 0 Å². The maximum Gasteiger partial charge on any atom is 0.331 e. The van der Waals surface area contributed by atoms with Crippen LogP contribution in [0.5, 0.6) is 5.75 Å². The zero-order chi connectivity index (χ0) is 18.5. The highest BCUT2D eigenvalue weighted by Gasteiger charge is 2.37. The Morgan fingerprint density at radius 1 is 1.15 bits per heavy atom. The first kappa shape index (κ1) is 18.0. The van der Waals surface area contributed by atoms with Crippen LogP contribution in [0.25, 0.3) is 0 Å². The highest BCUT2D eigenvalue weighted by atomic mass is 16.5. The second-order valence-corrected chi connectivity index (χ2v) is 6.57. The molecule has 2 aromatic rings. The first-order chi connectivity index (χ1) is 12.6. The summed E-state index contributed by atoms with van der Waals surface area (Å²) < 4.78 is 5.66. The van der Waals surface area contributed by atoms with Gasteiger partial charge in [-0.25, -0.2) is 4.79 Å². The van der Waals surface area contributed by atoms with E-state index in [1.54, 1.807) is 6.07 Å². The molecule has 1 aliphatic heterocycles. The van der Waals surface area contributed by atoms with Gasteiger partial charge in [-0.2, -0.15) is 0 Å². The van der Waals surface area contributed by atoms with Crippen LogP contribution < -0.4 is 4.74 Å². The van der Waals surface area contributed by atoms with Crippen LogP contribution in [0.1, 0.15) is 30.5 Å². The number of carboxylic acids is 1. The molecule has 26 heavy (non-hydrogen) atoms. The van der Waals surface area contributed by atoms with Gasteiger partial charge in [0.2, 0.25) is 5.91 Å². The van der Waals surface area contributed by atoms with E-state index in [2.05, 4.69) is 0 Å². The fraction of sp³-hybridized carbons (Fsp3) is 0.333. The highest BCUT2D eigenvalue weighted by Crippen LogP contribution is 2.31. The lowest BCUT2D eigenvalue weighted by molar-refractivity contribution is -0.153. The van der Waals surface area contributed by atoms with Crippen molar-refractivity contribution in [3.05, 3.63) is 65.7 Å². The Labute approximate surface area is 153 Å². The highest BCUT2D eigenvalue weighted by molar-refractivity contribution is 5.86. The van der Waals surface area contributed by atoms with E-state index in [1.807, 2.05) is 55.5 Å². The number of rotatable bonds is 6. The topological polar surface area (TPSA) is 66.8 Å². The van der Waals surface area contributed by atoms with Crippen molar-refractivity contribution in [1.82, 2.24) is 4.90 Å². The summed E-state index contributed by atoms with van der Waals surface area (Å²) in [6, 6.07) is 16.0. The van der Waals surface area contributed by atoms with Crippen molar-refractivity contribution in [3.8, 4) is 5.75 Å². The lowest BCUT2D eigenvalue weighted by Gasteiger charge is -2.36. The summed E-state index contributed by atoms with van der Waals surface area (Å²) in [5, 5.41) is 9.69. The SMILES string of the molecule is CC(CCOc1ccccc1)C(=O)N1CCc2ccccc2C1C(=O)O. The van der Waals surface area contributed by atoms with Crippen LogP contribution in [-0.2, 0) is 16.0 Å². The Morgan fingerprint density at radius 2 is 1.85 bits per heavy atom. The molecule has 0 aromatic heterocycles. The second kappa shape index (κ2) is 8.04. The fourth-order valence-electron chi connectivity index (χ4n) is 3.35. The minimum atomic E-state index is -0.988. The predicted molar refractivity (Wildman–Crippen MR) is 98.0 cm³/mol. The molecule has 0 radical (unpaired) electrons. The molecule has 2 unspecified atom stereocenters. The van der Waals surface area contributed by atoms with E-state index in [0.29, 0.717) is 31.6 Å². The van der Waals surface area contributed by atoms with Gasteiger partial charge < -0.3 is 14.7 Å². The summed E-state index contributed by atoms with van der Waals surface area (Å²) in [5.74, 6) is -0.657. The van der Waals surface area contributed by atoms with Crippen LogP contribution in [0.4, 0.5) is 0 Å². The smallest absolute Gasteiger partial charge is 0.331 e. The van der Waals surface area contributed by atoms with Gasteiger partial charge in [0.05, 0.1) is 6.61 Å². The van der Waals surface area contributed by atoms with E-state index in [1.165, 1.54) is 4.90 Å². The summed E-state index contributed by atoms with van der Waals surface area (Å²) >= 11 is 0. The molecule has 1 heterocycles. The molecule has 0 spiro atoms. The minimum absolute atomic E-state index is 0.136. The molecule has 1 aliphatic rings. The number of amides is 1. The maximum atomic E-state index is 12.9. The average Bonchev–Trinajstić information content (AvgIpc) is 2.67. The number of aliphatic carboxylic acids is 1. The van der Waals surface area contributed by atoms with E-state index in [9.17, 15) is 14.7 Å². The van der Waals surface area contributed by atoms with Crippen LogP contribution in [0.15, 0.2) is 54.6 Å². The Bertz CT molecular complexity index is 775. The van der Waals surface area contributed by atoms with Gasteiger partial charge in [-0.3, -0.25) is 4.79 Å². The van der Waals surface area contributed by atoms with Gasteiger partial charge in [0, 0.05) is 12.5 Å². The van der Waals surface area contributed by atoms with Gasteiger partial charge in [0.25, 0.3) is 0 Å². The number of nitrogens with zero attached hydrogens (tertiary/aromatic N) is 1. The second-order valence-electron chi connectivity index (χ2n) is 6.57. The molecule has 5 nitrogen and oxygen atoms in total. The van der Waals surface area contributed by atoms with Crippen molar-refractivity contribution in [2.24, 2.45) is 5.92 Å². The third-order valence-corrected chi connectivity index (χ3v) is 4.78.